The zero-order valence-corrected chi connectivity index (χ0v) is 11.6. The van der Waals surface area contributed by atoms with Gasteiger partial charge in [-0.25, -0.2) is 9.37 Å². The minimum Gasteiger partial charge on any atom is -0.384 e. The van der Waals surface area contributed by atoms with Crippen LogP contribution >= 0.6 is 22.6 Å². The summed E-state index contributed by atoms with van der Waals surface area (Å²) < 4.78 is 13.6. The highest BCUT2D eigenvalue weighted by atomic mass is 127. The molecule has 3 N–H and O–H groups in total. The number of nitro groups is 1. The number of rotatable bonds is 3. The summed E-state index contributed by atoms with van der Waals surface area (Å²) in [5.74, 6) is -0.204. The lowest BCUT2D eigenvalue weighted by molar-refractivity contribution is -0.384. The summed E-state index contributed by atoms with van der Waals surface area (Å²) in [6, 6.07) is 6.65. The lowest BCUT2D eigenvalue weighted by atomic mass is 10.3. The van der Waals surface area contributed by atoms with E-state index in [9.17, 15) is 14.5 Å². The van der Waals surface area contributed by atoms with Crippen LogP contribution in [-0.2, 0) is 0 Å². The van der Waals surface area contributed by atoms with Gasteiger partial charge >= 0.3 is 5.69 Å². The van der Waals surface area contributed by atoms with Gasteiger partial charge in [-0.2, -0.15) is 0 Å². The number of nitrogens with zero attached hydrogens (tertiary/aromatic N) is 2. The maximum absolute atomic E-state index is 13.0. The highest BCUT2D eigenvalue weighted by molar-refractivity contribution is 14.1. The Morgan fingerprint density at radius 2 is 2.11 bits per heavy atom. The van der Waals surface area contributed by atoms with Gasteiger partial charge in [0.05, 0.1) is 10.6 Å². The molecule has 19 heavy (non-hydrogen) atoms. The lowest BCUT2D eigenvalue weighted by Gasteiger charge is -2.08. The topological polar surface area (TPSA) is 94.1 Å². The van der Waals surface area contributed by atoms with Gasteiger partial charge in [0, 0.05) is 9.64 Å². The molecule has 0 saturated carbocycles. The highest BCUT2D eigenvalue weighted by Gasteiger charge is 2.16. The number of nitrogens with two attached hydrogens (primary N) is 1. The third kappa shape index (κ3) is 3.08. The number of nitrogen functional groups attached to an aromatic ring is 1. The van der Waals surface area contributed by atoms with E-state index in [0.29, 0.717) is 9.26 Å². The molecule has 0 spiro atoms. The van der Waals surface area contributed by atoms with Gasteiger partial charge in [0.1, 0.15) is 11.6 Å². The zero-order chi connectivity index (χ0) is 14.0. The number of hydrogen-bond acceptors (Lipinski definition) is 5. The number of nitrogens with one attached hydrogen (secondary N) is 1. The summed E-state index contributed by atoms with van der Waals surface area (Å²) in [6.07, 6.45) is 0. The number of anilines is 3. The Balaban J connectivity index is 2.42. The van der Waals surface area contributed by atoms with Crippen molar-refractivity contribution in [2.45, 2.75) is 0 Å². The van der Waals surface area contributed by atoms with Crippen LogP contribution in [0, 0.1) is 19.5 Å². The minimum absolute atomic E-state index is 0.0227. The second kappa shape index (κ2) is 5.34. The van der Waals surface area contributed by atoms with Crippen LogP contribution in [0.15, 0.2) is 30.3 Å². The monoisotopic (exact) mass is 374 g/mol. The zero-order valence-electron chi connectivity index (χ0n) is 9.43. The molecular formula is C11H8FIN4O2. The Hall–Kier alpha value is -1.97. The maximum Gasteiger partial charge on any atom is 0.311 e. The molecule has 0 radical (unpaired) electrons. The Bertz CT molecular complexity index is 651. The largest absolute Gasteiger partial charge is 0.384 e. The van der Waals surface area contributed by atoms with Crippen molar-refractivity contribution >= 4 is 45.6 Å². The molecule has 0 saturated heterocycles. The molecule has 2 aromatic rings. The molecule has 6 nitrogen and oxygen atoms in total. The third-order valence-corrected chi connectivity index (χ3v) is 3.17. The normalized spacial score (nSPS) is 10.2. The first kappa shape index (κ1) is 13.5. The number of aromatic nitrogens is 1. The Morgan fingerprint density at radius 1 is 1.37 bits per heavy atom. The fourth-order valence-corrected chi connectivity index (χ4v) is 2.04. The predicted molar refractivity (Wildman–Crippen MR) is 77.7 cm³/mol. The van der Waals surface area contributed by atoms with Crippen molar-refractivity contribution in [3.05, 3.63) is 49.8 Å². The van der Waals surface area contributed by atoms with Gasteiger partial charge in [-0.05, 0) is 46.9 Å². The van der Waals surface area contributed by atoms with Crippen LogP contribution in [0.3, 0.4) is 0 Å². The molecule has 0 amide bonds. The van der Waals surface area contributed by atoms with Crippen LogP contribution in [0.2, 0.25) is 0 Å². The van der Waals surface area contributed by atoms with Crippen LogP contribution in [0.5, 0.6) is 0 Å². The van der Waals surface area contributed by atoms with Crippen LogP contribution in [0.25, 0.3) is 0 Å². The van der Waals surface area contributed by atoms with E-state index in [1.807, 2.05) is 22.6 Å². The Kier molecular flexibility index (Phi) is 3.79. The molecule has 0 atom stereocenters. The Labute approximate surface area is 121 Å². The van der Waals surface area contributed by atoms with Crippen LogP contribution in [0.4, 0.5) is 27.4 Å². The van der Waals surface area contributed by atoms with Gasteiger partial charge in [0.25, 0.3) is 0 Å². The summed E-state index contributed by atoms with van der Waals surface area (Å²) in [4.78, 5) is 14.2. The number of benzene rings is 1. The van der Waals surface area contributed by atoms with Gasteiger partial charge in [-0.15, -0.1) is 0 Å². The number of halogens is 2. The number of pyridine rings is 1. The molecule has 0 aliphatic carbocycles. The van der Waals surface area contributed by atoms with Crippen LogP contribution < -0.4 is 11.1 Å². The second-order valence-corrected chi connectivity index (χ2v) is 4.77. The molecule has 8 heteroatoms. The summed E-state index contributed by atoms with van der Waals surface area (Å²) in [7, 11) is 0. The van der Waals surface area contributed by atoms with Crippen molar-refractivity contribution in [2.24, 2.45) is 0 Å². The fourth-order valence-electron chi connectivity index (χ4n) is 1.42. The van der Waals surface area contributed by atoms with Gasteiger partial charge in [-0.1, -0.05) is 0 Å². The first-order valence-corrected chi connectivity index (χ1v) is 6.18. The van der Waals surface area contributed by atoms with Crippen LogP contribution in [0.1, 0.15) is 0 Å². The summed E-state index contributed by atoms with van der Waals surface area (Å²) in [6.45, 7) is 0. The van der Waals surface area contributed by atoms with E-state index < -0.39 is 4.92 Å². The summed E-state index contributed by atoms with van der Waals surface area (Å²) in [5, 5.41) is 13.7. The highest BCUT2D eigenvalue weighted by Crippen LogP contribution is 2.29. The fraction of sp³-hybridized carbons (Fsp3) is 0. The molecule has 2 rings (SSSR count). The van der Waals surface area contributed by atoms with E-state index in [2.05, 4.69) is 10.3 Å². The van der Waals surface area contributed by atoms with E-state index >= 15 is 0 Å². The third-order valence-electron chi connectivity index (χ3n) is 2.28. The quantitative estimate of drug-likeness (QED) is 0.489. The summed E-state index contributed by atoms with van der Waals surface area (Å²) >= 11 is 1.92. The first-order chi connectivity index (χ1) is 8.97. The van der Waals surface area contributed by atoms with Crippen LogP contribution in [-0.4, -0.2) is 9.91 Å². The van der Waals surface area contributed by atoms with E-state index in [0.717, 1.165) is 0 Å². The SMILES string of the molecule is Nc1ccc([N+](=O)[O-])c(Nc2ccc(F)cc2I)n1. The molecule has 1 aromatic heterocycles. The second-order valence-electron chi connectivity index (χ2n) is 3.61. The number of hydrogen-bond donors (Lipinski definition) is 2. The van der Waals surface area contributed by atoms with E-state index in [-0.39, 0.29) is 23.1 Å². The van der Waals surface area contributed by atoms with Gasteiger partial charge in [0.15, 0.2) is 0 Å². The molecule has 0 bridgehead atoms. The lowest BCUT2D eigenvalue weighted by Crippen LogP contribution is -2.03. The van der Waals surface area contributed by atoms with Crippen molar-refractivity contribution in [2.75, 3.05) is 11.1 Å². The molecule has 0 aliphatic heterocycles. The minimum atomic E-state index is -0.564. The molecular weight excluding hydrogens is 366 g/mol. The smallest absolute Gasteiger partial charge is 0.311 e. The van der Waals surface area contributed by atoms with Crippen molar-refractivity contribution in [3.8, 4) is 0 Å². The van der Waals surface area contributed by atoms with Gasteiger partial charge in [0.2, 0.25) is 5.82 Å². The van der Waals surface area contributed by atoms with E-state index in [1.165, 1.54) is 30.3 Å². The molecule has 0 aliphatic rings. The van der Waals surface area contributed by atoms with Crippen molar-refractivity contribution in [3.63, 3.8) is 0 Å². The average molecular weight is 374 g/mol. The van der Waals surface area contributed by atoms with Gasteiger partial charge < -0.3 is 11.1 Å². The predicted octanol–water partition coefficient (Wildman–Crippen LogP) is 3.06. The molecule has 1 heterocycles. The maximum atomic E-state index is 13.0. The van der Waals surface area contributed by atoms with Crippen molar-refractivity contribution in [1.82, 2.24) is 4.98 Å². The standard InChI is InChI=1S/C11H8FIN4O2/c12-6-1-2-8(7(13)5-6)15-11-9(17(18)19)3-4-10(14)16-11/h1-5H,(H3,14,15,16). The first-order valence-electron chi connectivity index (χ1n) is 5.10. The molecule has 0 unspecified atom stereocenters. The molecule has 1 aromatic carbocycles. The average Bonchev–Trinajstić information content (AvgIpc) is 2.32. The van der Waals surface area contributed by atoms with Crippen molar-refractivity contribution < 1.29 is 9.31 Å². The summed E-state index contributed by atoms with van der Waals surface area (Å²) in [5.41, 5.74) is 5.83. The molecule has 98 valence electrons. The Morgan fingerprint density at radius 3 is 2.74 bits per heavy atom. The van der Waals surface area contributed by atoms with Gasteiger partial charge in [-0.3, -0.25) is 10.1 Å². The molecule has 0 fully saturated rings. The van der Waals surface area contributed by atoms with E-state index in [4.69, 9.17) is 5.73 Å². The van der Waals surface area contributed by atoms with Crippen molar-refractivity contribution in [1.29, 1.82) is 0 Å². The van der Waals surface area contributed by atoms with E-state index in [1.54, 1.807) is 0 Å².